The summed E-state index contributed by atoms with van der Waals surface area (Å²) in [6.45, 7) is 0.856. The molecule has 336 valence electrons. The van der Waals surface area contributed by atoms with E-state index in [1.54, 1.807) is 30.5 Å². The van der Waals surface area contributed by atoms with Gasteiger partial charge in [0.15, 0.2) is 17.0 Å². The number of benzene rings is 1. The van der Waals surface area contributed by atoms with Crippen LogP contribution >= 0.6 is 0 Å². The van der Waals surface area contributed by atoms with Crippen molar-refractivity contribution in [2.24, 2.45) is 0 Å². The fourth-order valence-electron chi connectivity index (χ4n) is 6.78. The number of nitrogens with zero attached hydrogens (tertiary/aromatic N) is 5. The number of anilines is 3. The Morgan fingerprint density at radius 3 is 1.72 bits per heavy atom. The fourth-order valence-corrected chi connectivity index (χ4v) is 6.78. The van der Waals surface area contributed by atoms with Gasteiger partial charge in [-0.1, -0.05) is 89.9 Å². The van der Waals surface area contributed by atoms with E-state index in [4.69, 9.17) is 31.2 Å². The van der Waals surface area contributed by atoms with Gasteiger partial charge in [-0.2, -0.15) is 9.97 Å². The number of carbonyl (C=O) groups is 5. The van der Waals surface area contributed by atoms with Crippen LogP contribution in [0.1, 0.15) is 157 Å². The molecule has 7 N–H and O–H groups in total. The van der Waals surface area contributed by atoms with Crippen LogP contribution in [0.2, 0.25) is 0 Å². The summed E-state index contributed by atoms with van der Waals surface area (Å²) in [5, 5.41) is 20.2. The van der Waals surface area contributed by atoms with Gasteiger partial charge < -0.3 is 41.4 Å². The first-order valence-corrected chi connectivity index (χ1v) is 21.9. The highest BCUT2D eigenvalue weighted by molar-refractivity contribution is 5.97. The monoisotopic (exact) mass is 850 g/mol. The van der Waals surface area contributed by atoms with Crippen molar-refractivity contribution in [3.63, 3.8) is 0 Å². The van der Waals surface area contributed by atoms with Crippen LogP contribution in [0.3, 0.4) is 0 Å². The molecule has 1 aromatic carbocycles. The van der Waals surface area contributed by atoms with Crippen LogP contribution < -0.4 is 21.7 Å². The highest BCUT2D eigenvalue weighted by Gasteiger charge is 2.24. The number of nitrogens with one attached hydrogen (secondary N) is 1. The lowest BCUT2D eigenvalue weighted by Crippen LogP contribution is -2.42. The summed E-state index contributed by atoms with van der Waals surface area (Å²) in [5.74, 6) is -2.88. The Bertz CT molecular complexity index is 1810. The quantitative estimate of drug-likeness (QED) is 0.0301. The Balaban J connectivity index is 1.45. The Morgan fingerprint density at radius 2 is 1.18 bits per heavy atom. The van der Waals surface area contributed by atoms with Crippen molar-refractivity contribution in [3.8, 4) is 0 Å². The van der Waals surface area contributed by atoms with Crippen LogP contribution in [0.4, 0.5) is 17.5 Å². The molecule has 0 aliphatic heterocycles. The Kier molecular flexibility index (Phi) is 23.5. The first-order chi connectivity index (χ1) is 29.4. The summed E-state index contributed by atoms with van der Waals surface area (Å²) in [4.78, 5) is 79.3. The normalized spacial score (nSPS) is 11.6. The molecule has 0 unspecified atom stereocenters. The lowest BCUT2D eigenvalue weighted by Gasteiger charge is -2.20. The smallest absolute Gasteiger partial charge is 0.328 e. The number of carbonyl (C=O) groups excluding carboxylic acids is 3. The molecular weight excluding hydrogens is 785 g/mol. The summed E-state index contributed by atoms with van der Waals surface area (Å²) in [7, 11) is 1.86. The minimum atomic E-state index is -1.05. The molecule has 61 heavy (non-hydrogen) atoms. The van der Waals surface area contributed by atoms with E-state index < -0.39 is 35.8 Å². The first kappa shape index (κ1) is 49.8. The second kappa shape index (κ2) is 28.8. The number of hydrogen-bond acceptors (Lipinski definition) is 14. The third kappa shape index (κ3) is 21.0. The molecule has 2 aromatic heterocycles. The number of aromatic nitrogens is 4. The number of nitrogen functional groups attached to an aromatic ring is 2. The zero-order valence-electron chi connectivity index (χ0n) is 35.8. The van der Waals surface area contributed by atoms with E-state index in [1.807, 2.05) is 11.9 Å². The van der Waals surface area contributed by atoms with E-state index >= 15 is 0 Å². The van der Waals surface area contributed by atoms with E-state index in [1.165, 1.54) is 0 Å². The zero-order valence-corrected chi connectivity index (χ0v) is 35.8. The number of nitrogens with two attached hydrogens (primary N) is 2. The second-order valence-corrected chi connectivity index (χ2v) is 15.5. The molecule has 1 atom stereocenters. The Labute approximate surface area is 358 Å². The van der Waals surface area contributed by atoms with Gasteiger partial charge in [0.25, 0.3) is 5.91 Å². The molecule has 1 amide bonds. The molecule has 0 saturated carbocycles. The molecule has 17 nitrogen and oxygen atoms in total. The molecule has 0 aliphatic rings. The van der Waals surface area contributed by atoms with Crippen LogP contribution in [-0.4, -0.2) is 86.2 Å². The molecule has 0 fully saturated rings. The van der Waals surface area contributed by atoms with Crippen molar-refractivity contribution in [2.75, 3.05) is 36.6 Å². The average molecular weight is 851 g/mol. The predicted molar refractivity (Wildman–Crippen MR) is 233 cm³/mol. The maximum absolute atomic E-state index is 13.4. The number of hydrogen-bond donors (Lipinski definition) is 5. The highest BCUT2D eigenvalue weighted by Crippen LogP contribution is 2.20. The molecule has 0 spiro atoms. The van der Waals surface area contributed by atoms with Crippen molar-refractivity contribution in [1.82, 2.24) is 25.3 Å². The van der Waals surface area contributed by atoms with Gasteiger partial charge in [-0.15, -0.1) is 0 Å². The van der Waals surface area contributed by atoms with E-state index in [0.29, 0.717) is 41.8 Å². The van der Waals surface area contributed by atoms with Gasteiger partial charge in [-0.3, -0.25) is 19.2 Å². The molecule has 17 heteroatoms. The largest absolute Gasteiger partial charge is 0.481 e. The van der Waals surface area contributed by atoms with Gasteiger partial charge in [0, 0.05) is 37.6 Å². The zero-order chi connectivity index (χ0) is 44.2. The first-order valence-electron chi connectivity index (χ1n) is 21.9. The van der Waals surface area contributed by atoms with Crippen molar-refractivity contribution < 1.29 is 43.7 Å². The van der Waals surface area contributed by atoms with Crippen molar-refractivity contribution in [3.05, 3.63) is 41.7 Å². The predicted octanol–water partition coefficient (Wildman–Crippen LogP) is 7.16. The molecule has 0 saturated heterocycles. The minimum Gasteiger partial charge on any atom is -0.481 e. The van der Waals surface area contributed by atoms with Crippen LogP contribution in [0.5, 0.6) is 0 Å². The Hall–Kier alpha value is -5.61. The number of aliphatic carboxylic acids is 2. The lowest BCUT2D eigenvalue weighted by molar-refractivity contribution is -0.147. The SMILES string of the molecule is CN(Cc1cnc2nc(N)nc(N)c2n1)c1ccc(C(=O)N[C@@H](CCC(=O)OCCCCCCCCCCCC(=O)O)C(=O)OCCCCCCCCCCCC(=O)O)cc1. The number of esters is 2. The van der Waals surface area contributed by atoms with Crippen molar-refractivity contribution in [1.29, 1.82) is 0 Å². The van der Waals surface area contributed by atoms with Gasteiger partial charge in [-0.05, 0) is 56.4 Å². The second-order valence-electron chi connectivity index (χ2n) is 15.5. The summed E-state index contributed by atoms with van der Waals surface area (Å²) in [5.41, 5.74) is 14.0. The molecule has 3 rings (SSSR count). The molecule has 0 bridgehead atoms. The number of ether oxygens (including phenoxy) is 2. The van der Waals surface area contributed by atoms with Crippen LogP contribution in [0, 0.1) is 0 Å². The van der Waals surface area contributed by atoms with Gasteiger partial charge in [0.2, 0.25) is 5.95 Å². The number of fused-ring (bicyclic) bond motifs is 1. The average Bonchev–Trinajstić information content (AvgIpc) is 3.22. The van der Waals surface area contributed by atoms with Crippen LogP contribution in [0.25, 0.3) is 11.2 Å². The van der Waals surface area contributed by atoms with E-state index in [2.05, 4.69) is 25.3 Å². The number of rotatable bonds is 33. The van der Waals surface area contributed by atoms with Crippen LogP contribution in [0.15, 0.2) is 30.5 Å². The number of unbranched alkanes of at least 4 members (excludes halogenated alkanes) is 16. The maximum atomic E-state index is 13.4. The number of carboxylic acids is 2. The van der Waals surface area contributed by atoms with E-state index in [9.17, 15) is 24.0 Å². The summed E-state index contributed by atoms with van der Waals surface area (Å²) in [6, 6.07) is 5.80. The fraction of sp³-hybridized carbons (Fsp3) is 0.614. The van der Waals surface area contributed by atoms with Gasteiger partial charge >= 0.3 is 23.9 Å². The van der Waals surface area contributed by atoms with Gasteiger partial charge in [-0.25, -0.2) is 14.8 Å². The Morgan fingerprint density at radius 1 is 0.672 bits per heavy atom. The topological polar surface area (TPSA) is 263 Å². The number of amides is 1. The van der Waals surface area contributed by atoms with Crippen molar-refractivity contribution >= 4 is 58.4 Å². The summed E-state index contributed by atoms with van der Waals surface area (Å²) < 4.78 is 11.0. The summed E-state index contributed by atoms with van der Waals surface area (Å²) >= 11 is 0. The molecule has 2 heterocycles. The maximum Gasteiger partial charge on any atom is 0.328 e. The van der Waals surface area contributed by atoms with Gasteiger partial charge in [0.05, 0.1) is 31.6 Å². The third-order valence-electron chi connectivity index (χ3n) is 10.3. The van der Waals surface area contributed by atoms with Crippen molar-refractivity contribution in [2.45, 2.75) is 154 Å². The van der Waals surface area contributed by atoms with E-state index in [-0.39, 0.29) is 50.7 Å². The molecule has 0 aliphatic carbocycles. The number of carboxylic acid groups (broad SMARTS) is 2. The van der Waals surface area contributed by atoms with E-state index in [0.717, 1.165) is 108 Å². The molecular formula is C44H66N8O9. The summed E-state index contributed by atoms with van der Waals surface area (Å²) in [6.07, 6.45) is 19.1. The molecule has 3 aromatic rings. The molecule has 0 radical (unpaired) electrons. The van der Waals surface area contributed by atoms with Crippen LogP contribution in [-0.2, 0) is 35.2 Å². The van der Waals surface area contributed by atoms with Gasteiger partial charge in [0.1, 0.15) is 6.04 Å². The third-order valence-corrected chi connectivity index (χ3v) is 10.3. The standard InChI is InChI=1S/C44H66N8O9/c1-52(31-33-30-47-41-39(48-33)40(45)50-44(46)51-41)34-24-22-32(23-25-34)42(58)49-35(43(59)61-29-19-15-11-7-3-5-9-13-17-21-37(55)56)26-27-38(57)60-28-18-14-10-6-2-4-8-12-16-20-36(53)54/h22-25,30,35H,2-21,26-29,31H2,1H3,(H,49,58)(H,53,54)(H,55,56)(H4,45,46,47,50,51)/t35-/m0/s1. The lowest BCUT2D eigenvalue weighted by atomic mass is 10.1. The highest BCUT2D eigenvalue weighted by atomic mass is 16.5. The minimum absolute atomic E-state index is 0.0159.